The fraction of sp³-hybridized carbons (Fsp3) is 0.300. The van der Waals surface area contributed by atoms with Crippen molar-refractivity contribution in [3.63, 3.8) is 0 Å². The zero-order valence-corrected chi connectivity index (χ0v) is 9.06. The summed E-state index contributed by atoms with van der Waals surface area (Å²) in [6.07, 6.45) is 1.66. The predicted molar refractivity (Wildman–Crippen MR) is 58.8 cm³/mol. The Bertz CT molecular complexity index is 547. The van der Waals surface area contributed by atoms with Crippen molar-refractivity contribution < 1.29 is 9.90 Å². The summed E-state index contributed by atoms with van der Waals surface area (Å²) in [6, 6.07) is 1.48. The Kier molecular flexibility index (Phi) is 2.47. The summed E-state index contributed by atoms with van der Waals surface area (Å²) < 4.78 is 1.60. The summed E-state index contributed by atoms with van der Waals surface area (Å²) in [5, 5.41) is 16.1. The Morgan fingerprint density at radius 2 is 2.38 bits per heavy atom. The number of nitrogens with zero attached hydrogens (tertiary/aromatic N) is 3. The lowest BCUT2D eigenvalue weighted by atomic mass is 10.3. The summed E-state index contributed by atoms with van der Waals surface area (Å²) in [7, 11) is 0. The van der Waals surface area contributed by atoms with Crippen molar-refractivity contribution in [2.75, 3.05) is 11.9 Å². The summed E-state index contributed by atoms with van der Waals surface area (Å²) in [4.78, 5) is 15.0. The molecule has 0 saturated heterocycles. The van der Waals surface area contributed by atoms with Crippen molar-refractivity contribution in [2.45, 2.75) is 13.8 Å². The Labute approximate surface area is 91.9 Å². The SMILES string of the molecule is CCNc1cc(C(=O)O)nc2c(C)cnn12. The molecule has 0 aliphatic carbocycles. The van der Waals surface area contributed by atoms with E-state index in [1.165, 1.54) is 6.07 Å². The lowest BCUT2D eigenvalue weighted by molar-refractivity contribution is 0.0690. The smallest absolute Gasteiger partial charge is 0.354 e. The fourth-order valence-corrected chi connectivity index (χ4v) is 1.49. The summed E-state index contributed by atoms with van der Waals surface area (Å²) >= 11 is 0. The van der Waals surface area contributed by atoms with E-state index in [1.54, 1.807) is 10.7 Å². The van der Waals surface area contributed by atoms with E-state index in [0.29, 0.717) is 18.0 Å². The number of hydrogen-bond acceptors (Lipinski definition) is 4. The molecule has 6 heteroatoms. The number of anilines is 1. The summed E-state index contributed by atoms with van der Waals surface area (Å²) in [6.45, 7) is 4.47. The molecule has 6 nitrogen and oxygen atoms in total. The number of aromatic nitrogens is 3. The van der Waals surface area contributed by atoms with E-state index in [4.69, 9.17) is 5.11 Å². The minimum absolute atomic E-state index is 0.0204. The molecule has 0 fully saturated rings. The van der Waals surface area contributed by atoms with Crippen LogP contribution >= 0.6 is 0 Å². The van der Waals surface area contributed by atoms with Crippen LogP contribution < -0.4 is 5.32 Å². The van der Waals surface area contributed by atoms with Crippen molar-refractivity contribution in [1.82, 2.24) is 14.6 Å². The maximum absolute atomic E-state index is 10.9. The Balaban J connectivity index is 2.70. The number of hydrogen-bond donors (Lipinski definition) is 2. The minimum Gasteiger partial charge on any atom is -0.477 e. The second-order valence-corrected chi connectivity index (χ2v) is 3.43. The number of carboxylic acids is 1. The molecular formula is C10H12N4O2. The molecule has 2 aromatic rings. The van der Waals surface area contributed by atoms with Gasteiger partial charge < -0.3 is 10.4 Å². The van der Waals surface area contributed by atoms with Crippen LogP contribution in [0.5, 0.6) is 0 Å². The van der Waals surface area contributed by atoms with Gasteiger partial charge in [0, 0.05) is 18.2 Å². The highest BCUT2D eigenvalue weighted by Crippen LogP contribution is 2.15. The molecule has 84 valence electrons. The molecule has 2 rings (SSSR count). The van der Waals surface area contributed by atoms with Gasteiger partial charge in [0.1, 0.15) is 5.82 Å². The number of fused-ring (bicyclic) bond motifs is 1. The summed E-state index contributed by atoms with van der Waals surface area (Å²) in [5.74, 6) is -0.403. The maximum atomic E-state index is 10.9. The molecule has 0 aliphatic rings. The van der Waals surface area contributed by atoms with E-state index < -0.39 is 5.97 Å². The van der Waals surface area contributed by atoms with Crippen LogP contribution in [-0.2, 0) is 0 Å². The van der Waals surface area contributed by atoms with Crippen LogP contribution in [0.4, 0.5) is 5.82 Å². The number of carbonyl (C=O) groups is 1. The molecule has 16 heavy (non-hydrogen) atoms. The van der Waals surface area contributed by atoms with Gasteiger partial charge in [-0.05, 0) is 13.8 Å². The third kappa shape index (κ3) is 1.58. The molecule has 0 radical (unpaired) electrons. The number of rotatable bonds is 3. The second kappa shape index (κ2) is 3.80. The average molecular weight is 220 g/mol. The highest BCUT2D eigenvalue weighted by atomic mass is 16.4. The van der Waals surface area contributed by atoms with Gasteiger partial charge in [0.15, 0.2) is 11.3 Å². The zero-order valence-electron chi connectivity index (χ0n) is 9.06. The monoisotopic (exact) mass is 220 g/mol. The molecule has 2 N–H and O–H groups in total. The molecule has 2 heterocycles. The highest BCUT2D eigenvalue weighted by molar-refractivity contribution is 5.87. The van der Waals surface area contributed by atoms with Gasteiger partial charge in [-0.25, -0.2) is 9.78 Å². The largest absolute Gasteiger partial charge is 0.477 e. The lowest BCUT2D eigenvalue weighted by Gasteiger charge is -2.07. The van der Waals surface area contributed by atoms with Gasteiger partial charge in [-0.15, -0.1) is 0 Å². The van der Waals surface area contributed by atoms with E-state index >= 15 is 0 Å². The van der Waals surface area contributed by atoms with Gasteiger partial charge >= 0.3 is 5.97 Å². The molecule has 0 bridgehead atoms. The quantitative estimate of drug-likeness (QED) is 0.811. The third-order valence-corrected chi connectivity index (χ3v) is 2.23. The van der Waals surface area contributed by atoms with Crippen molar-refractivity contribution in [3.05, 3.63) is 23.5 Å². The van der Waals surface area contributed by atoms with Crippen LogP contribution in [0, 0.1) is 6.92 Å². The molecule has 2 aromatic heterocycles. The summed E-state index contributed by atoms with van der Waals surface area (Å²) in [5.41, 5.74) is 1.44. The molecule has 0 unspecified atom stereocenters. The van der Waals surface area contributed by atoms with Gasteiger partial charge in [0.2, 0.25) is 0 Å². The molecule has 0 aliphatic heterocycles. The van der Waals surface area contributed by atoms with Crippen LogP contribution in [0.3, 0.4) is 0 Å². The fourth-order valence-electron chi connectivity index (χ4n) is 1.49. The first-order valence-electron chi connectivity index (χ1n) is 4.96. The number of nitrogens with one attached hydrogen (secondary N) is 1. The number of aryl methyl sites for hydroxylation is 1. The first-order chi connectivity index (χ1) is 7.63. The van der Waals surface area contributed by atoms with Crippen LogP contribution in [0.15, 0.2) is 12.3 Å². The molecular weight excluding hydrogens is 208 g/mol. The van der Waals surface area contributed by atoms with Gasteiger partial charge in [-0.3, -0.25) is 0 Å². The van der Waals surface area contributed by atoms with Crippen molar-refractivity contribution >= 4 is 17.4 Å². The van der Waals surface area contributed by atoms with Gasteiger partial charge in [-0.2, -0.15) is 9.61 Å². The minimum atomic E-state index is -1.04. The Hall–Kier alpha value is -2.11. The normalized spacial score (nSPS) is 10.6. The average Bonchev–Trinajstić information content (AvgIpc) is 2.61. The lowest BCUT2D eigenvalue weighted by Crippen LogP contribution is -2.09. The second-order valence-electron chi connectivity index (χ2n) is 3.43. The molecule has 0 aromatic carbocycles. The predicted octanol–water partition coefficient (Wildman–Crippen LogP) is 1.17. The first-order valence-corrected chi connectivity index (χ1v) is 4.96. The molecule has 0 atom stereocenters. The zero-order chi connectivity index (χ0) is 11.7. The molecule has 0 saturated carbocycles. The van der Waals surface area contributed by atoms with Crippen molar-refractivity contribution in [2.24, 2.45) is 0 Å². The van der Waals surface area contributed by atoms with Crippen molar-refractivity contribution in [3.8, 4) is 0 Å². The van der Waals surface area contributed by atoms with Crippen LogP contribution in [0.25, 0.3) is 5.65 Å². The van der Waals surface area contributed by atoms with E-state index in [1.807, 2.05) is 13.8 Å². The van der Waals surface area contributed by atoms with E-state index in [9.17, 15) is 4.79 Å². The first kappa shape index (κ1) is 10.4. The van der Waals surface area contributed by atoms with E-state index in [-0.39, 0.29) is 5.69 Å². The Morgan fingerprint density at radius 3 is 3.00 bits per heavy atom. The third-order valence-electron chi connectivity index (χ3n) is 2.23. The van der Waals surface area contributed by atoms with Crippen LogP contribution in [-0.4, -0.2) is 32.2 Å². The van der Waals surface area contributed by atoms with E-state index in [0.717, 1.165) is 5.56 Å². The van der Waals surface area contributed by atoms with Gasteiger partial charge in [0.05, 0.1) is 6.20 Å². The van der Waals surface area contributed by atoms with Crippen molar-refractivity contribution in [1.29, 1.82) is 0 Å². The maximum Gasteiger partial charge on any atom is 0.354 e. The Morgan fingerprint density at radius 1 is 1.62 bits per heavy atom. The van der Waals surface area contributed by atoms with Crippen LogP contribution in [0.1, 0.15) is 23.0 Å². The number of aromatic carboxylic acids is 1. The molecule has 0 spiro atoms. The van der Waals surface area contributed by atoms with Gasteiger partial charge in [0.25, 0.3) is 0 Å². The standard InChI is InChI=1S/C10H12N4O2/c1-3-11-8-4-7(10(15)16)13-9-6(2)5-12-14(8)9/h4-5,11H,3H2,1-2H3,(H,15,16). The molecule has 0 amide bonds. The van der Waals surface area contributed by atoms with Gasteiger partial charge in [-0.1, -0.05) is 0 Å². The van der Waals surface area contributed by atoms with Crippen LogP contribution in [0.2, 0.25) is 0 Å². The highest BCUT2D eigenvalue weighted by Gasteiger charge is 2.12. The van der Waals surface area contributed by atoms with E-state index in [2.05, 4.69) is 15.4 Å². The number of carboxylic acid groups (broad SMARTS) is 1. The topological polar surface area (TPSA) is 79.5 Å².